The standard InChI is InChI=1S/C10H17N3O2S.H2O4S/c1-4-13(16(3,14)15)12-9-5-6-10(11)8(2)7-9;1-5(2,3)4/h5-7,12H,4,11H2,1-3H3;(H2,1,2,3,4). The van der Waals surface area contributed by atoms with Gasteiger partial charge in [0.2, 0.25) is 10.0 Å². The second-order valence-electron chi connectivity index (χ2n) is 4.06. The quantitative estimate of drug-likeness (QED) is 0.352. The van der Waals surface area contributed by atoms with Crippen LogP contribution in [0.3, 0.4) is 0 Å². The Balaban J connectivity index is 0.000000690. The summed E-state index contributed by atoms with van der Waals surface area (Å²) in [5.74, 6) is 0. The van der Waals surface area contributed by atoms with Gasteiger partial charge in [-0.3, -0.25) is 9.11 Å². The lowest BCUT2D eigenvalue weighted by molar-refractivity contribution is 0.381. The van der Waals surface area contributed by atoms with Crippen LogP contribution in [0.1, 0.15) is 12.5 Å². The Morgan fingerprint density at radius 3 is 2.05 bits per heavy atom. The molecule has 11 heteroatoms. The SMILES string of the molecule is CCN(Nc1ccc(N)c(C)c1)S(C)(=O)=O.O=S(=O)(O)O. The third-order valence-electron chi connectivity index (χ3n) is 2.21. The normalized spacial score (nSPS) is 11.7. The average Bonchev–Trinajstić information content (AvgIpc) is 2.26. The lowest BCUT2D eigenvalue weighted by atomic mass is 10.2. The number of benzene rings is 1. The lowest BCUT2D eigenvalue weighted by Crippen LogP contribution is -2.35. The van der Waals surface area contributed by atoms with Gasteiger partial charge in [0.25, 0.3) is 0 Å². The van der Waals surface area contributed by atoms with Crippen LogP contribution in [0.25, 0.3) is 0 Å². The maximum absolute atomic E-state index is 11.4. The van der Waals surface area contributed by atoms with E-state index in [9.17, 15) is 8.42 Å². The summed E-state index contributed by atoms with van der Waals surface area (Å²) in [4.78, 5) is 0. The third kappa shape index (κ3) is 9.20. The number of rotatable bonds is 4. The van der Waals surface area contributed by atoms with E-state index in [1.54, 1.807) is 19.1 Å². The molecule has 1 rings (SSSR count). The molecule has 5 N–H and O–H groups in total. The number of nitrogen functional groups attached to an aromatic ring is 1. The molecule has 1 aromatic carbocycles. The van der Waals surface area contributed by atoms with Crippen LogP contribution in [0.2, 0.25) is 0 Å². The van der Waals surface area contributed by atoms with Gasteiger partial charge >= 0.3 is 10.4 Å². The van der Waals surface area contributed by atoms with Gasteiger partial charge in [0, 0.05) is 12.2 Å². The molecule has 0 radical (unpaired) electrons. The highest BCUT2D eigenvalue weighted by molar-refractivity contribution is 7.88. The maximum atomic E-state index is 11.4. The van der Waals surface area contributed by atoms with Crippen LogP contribution in [0.5, 0.6) is 0 Å². The van der Waals surface area contributed by atoms with Crippen molar-refractivity contribution in [3.8, 4) is 0 Å². The highest BCUT2D eigenvalue weighted by Gasteiger charge is 2.13. The second kappa shape index (κ2) is 7.56. The number of nitrogens with zero attached hydrogens (tertiary/aromatic N) is 1. The van der Waals surface area contributed by atoms with Crippen molar-refractivity contribution in [2.24, 2.45) is 0 Å². The smallest absolute Gasteiger partial charge is 0.394 e. The number of aryl methyl sites for hydroxylation is 1. The summed E-state index contributed by atoms with van der Waals surface area (Å²) in [6.07, 6.45) is 1.16. The molecule has 0 heterocycles. The van der Waals surface area contributed by atoms with Crippen LogP contribution in [0.15, 0.2) is 18.2 Å². The van der Waals surface area contributed by atoms with E-state index in [-0.39, 0.29) is 0 Å². The Morgan fingerprint density at radius 1 is 1.24 bits per heavy atom. The fourth-order valence-corrected chi connectivity index (χ4v) is 2.03. The van der Waals surface area contributed by atoms with E-state index in [1.165, 1.54) is 4.41 Å². The fourth-order valence-electron chi connectivity index (χ4n) is 1.29. The molecule has 0 aromatic heterocycles. The summed E-state index contributed by atoms with van der Waals surface area (Å²) in [5.41, 5.74) is 10.8. The first-order valence-electron chi connectivity index (χ1n) is 5.65. The summed E-state index contributed by atoms with van der Waals surface area (Å²) in [6.45, 7) is 4.00. The summed E-state index contributed by atoms with van der Waals surface area (Å²) in [7, 11) is -7.91. The predicted octanol–water partition coefficient (Wildman–Crippen LogP) is 0.533. The molecule has 0 aliphatic carbocycles. The summed E-state index contributed by atoms with van der Waals surface area (Å²) >= 11 is 0. The van der Waals surface area contributed by atoms with Crippen molar-refractivity contribution in [2.45, 2.75) is 13.8 Å². The first-order valence-corrected chi connectivity index (χ1v) is 8.89. The number of hydrogen-bond acceptors (Lipinski definition) is 6. The van der Waals surface area contributed by atoms with Crippen molar-refractivity contribution in [1.29, 1.82) is 0 Å². The van der Waals surface area contributed by atoms with E-state index in [1.807, 2.05) is 13.0 Å². The number of nitrogens with two attached hydrogens (primary N) is 1. The Kier molecular flexibility index (Phi) is 7.06. The molecular formula is C10H19N3O6S2. The van der Waals surface area contributed by atoms with E-state index >= 15 is 0 Å². The van der Waals surface area contributed by atoms with Crippen molar-refractivity contribution < 1.29 is 25.9 Å². The number of sulfonamides is 1. The summed E-state index contributed by atoms with van der Waals surface area (Å²) in [6, 6.07) is 5.30. The molecule has 0 aliphatic rings. The zero-order chi connectivity index (χ0) is 16.8. The Morgan fingerprint density at radius 2 is 1.71 bits per heavy atom. The van der Waals surface area contributed by atoms with E-state index in [2.05, 4.69) is 5.43 Å². The molecule has 9 nitrogen and oxygen atoms in total. The molecule has 21 heavy (non-hydrogen) atoms. The van der Waals surface area contributed by atoms with Gasteiger partial charge in [0.15, 0.2) is 0 Å². The van der Waals surface area contributed by atoms with Gasteiger partial charge in [-0.05, 0) is 37.6 Å². The molecule has 0 unspecified atom stereocenters. The lowest BCUT2D eigenvalue weighted by Gasteiger charge is -2.20. The monoisotopic (exact) mass is 341 g/mol. The van der Waals surface area contributed by atoms with Crippen LogP contribution in [0.4, 0.5) is 11.4 Å². The van der Waals surface area contributed by atoms with Crippen LogP contribution in [-0.4, -0.2) is 43.2 Å². The van der Waals surface area contributed by atoms with Gasteiger partial charge in [-0.15, -0.1) is 4.41 Å². The fraction of sp³-hybridized carbons (Fsp3) is 0.400. The van der Waals surface area contributed by atoms with E-state index in [4.69, 9.17) is 23.3 Å². The largest absolute Gasteiger partial charge is 0.399 e. The number of hydrogen-bond donors (Lipinski definition) is 4. The van der Waals surface area contributed by atoms with Gasteiger partial charge in [-0.2, -0.15) is 8.42 Å². The number of hydrazine groups is 1. The first-order chi connectivity index (χ1) is 9.34. The van der Waals surface area contributed by atoms with Crippen molar-refractivity contribution in [3.05, 3.63) is 23.8 Å². The highest BCUT2D eigenvalue weighted by Crippen LogP contribution is 2.17. The minimum Gasteiger partial charge on any atom is -0.399 e. The maximum Gasteiger partial charge on any atom is 0.394 e. The van der Waals surface area contributed by atoms with E-state index < -0.39 is 20.4 Å². The molecule has 122 valence electrons. The molecule has 0 aliphatic heterocycles. The molecule has 0 saturated heterocycles. The summed E-state index contributed by atoms with van der Waals surface area (Å²) in [5, 5.41) is 0. The molecule has 0 atom stereocenters. The number of nitrogens with one attached hydrogen (secondary N) is 1. The molecule has 1 aromatic rings. The Hall–Kier alpha value is -1.40. The zero-order valence-corrected chi connectivity index (χ0v) is 13.4. The van der Waals surface area contributed by atoms with Crippen LogP contribution in [0, 0.1) is 6.92 Å². The summed E-state index contributed by atoms with van der Waals surface area (Å²) < 4.78 is 55.5. The molecule has 0 fully saturated rings. The van der Waals surface area contributed by atoms with Crippen molar-refractivity contribution in [1.82, 2.24) is 4.41 Å². The average molecular weight is 341 g/mol. The molecular weight excluding hydrogens is 322 g/mol. The van der Waals surface area contributed by atoms with Gasteiger partial charge in [-0.25, -0.2) is 8.42 Å². The Bertz CT molecular complexity index is 664. The van der Waals surface area contributed by atoms with Gasteiger partial charge in [-0.1, -0.05) is 0 Å². The van der Waals surface area contributed by atoms with Crippen molar-refractivity contribution in [3.63, 3.8) is 0 Å². The van der Waals surface area contributed by atoms with Gasteiger partial charge < -0.3 is 11.2 Å². The van der Waals surface area contributed by atoms with Crippen LogP contribution >= 0.6 is 0 Å². The molecule has 0 saturated carbocycles. The third-order valence-corrected chi connectivity index (χ3v) is 3.36. The molecule has 0 amide bonds. The predicted molar refractivity (Wildman–Crippen MR) is 80.6 cm³/mol. The van der Waals surface area contributed by atoms with Gasteiger partial charge in [0.05, 0.1) is 11.9 Å². The van der Waals surface area contributed by atoms with Crippen LogP contribution in [-0.2, 0) is 20.4 Å². The van der Waals surface area contributed by atoms with Crippen molar-refractivity contribution in [2.75, 3.05) is 24.0 Å². The topological polar surface area (TPSA) is 150 Å². The minimum absolute atomic E-state index is 0.363. The Labute approximate surface area is 124 Å². The zero-order valence-electron chi connectivity index (χ0n) is 11.8. The van der Waals surface area contributed by atoms with E-state index in [0.717, 1.165) is 11.8 Å². The van der Waals surface area contributed by atoms with Crippen LogP contribution < -0.4 is 11.2 Å². The van der Waals surface area contributed by atoms with Gasteiger partial charge in [0.1, 0.15) is 0 Å². The first kappa shape index (κ1) is 19.6. The van der Waals surface area contributed by atoms with Crippen molar-refractivity contribution >= 4 is 31.8 Å². The molecule has 0 bridgehead atoms. The highest BCUT2D eigenvalue weighted by atomic mass is 32.3. The van der Waals surface area contributed by atoms with E-state index in [0.29, 0.717) is 17.9 Å². The molecule has 0 spiro atoms. The minimum atomic E-state index is -4.67. The second-order valence-corrected chi connectivity index (χ2v) is 6.86. The number of anilines is 2.